The van der Waals surface area contributed by atoms with Crippen LogP contribution in [-0.4, -0.2) is 39.6 Å². The number of carbonyl (C=O) groups is 2. The molecule has 0 aliphatic rings. The Kier molecular flexibility index (Phi) is 6.11. The van der Waals surface area contributed by atoms with E-state index in [0.29, 0.717) is 27.5 Å². The van der Waals surface area contributed by atoms with E-state index in [2.05, 4.69) is 20.7 Å². The van der Waals surface area contributed by atoms with Crippen molar-refractivity contribution < 1.29 is 18.8 Å². The highest BCUT2D eigenvalue weighted by Crippen LogP contribution is 2.25. The highest BCUT2D eigenvalue weighted by atomic mass is 32.2. The number of carbonyl (C=O) groups excluding carboxylic acids is 2. The van der Waals surface area contributed by atoms with Crippen molar-refractivity contribution >= 4 is 40.1 Å². The van der Waals surface area contributed by atoms with E-state index in [1.54, 1.807) is 20.8 Å². The number of rotatable bonds is 7. The van der Waals surface area contributed by atoms with E-state index >= 15 is 0 Å². The van der Waals surface area contributed by atoms with Gasteiger partial charge in [0, 0.05) is 5.56 Å². The molecule has 0 bridgehead atoms. The van der Waals surface area contributed by atoms with Crippen LogP contribution >= 0.6 is 23.1 Å². The first-order valence-corrected chi connectivity index (χ1v) is 8.63. The predicted molar refractivity (Wildman–Crippen MR) is 85.6 cm³/mol. The van der Waals surface area contributed by atoms with Gasteiger partial charge in [0.1, 0.15) is 5.76 Å². The number of nitrogens with zero attached hydrogens (tertiary/aromatic N) is 3. The molecule has 0 unspecified atom stereocenters. The van der Waals surface area contributed by atoms with Gasteiger partial charge in [-0.15, -0.1) is 10.2 Å². The number of aromatic nitrogens is 3. The summed E-state index contributed by atoms with van der Waals surface area (Å²) in [6.07, 6.45) is 0.159. The van der Waals surface area contributed by atoms with Crippen molar-refractivity contribution in [3.8, 4) is 0 Å². The highest BCUT2D eigenvalue weighted by Gasteiger charge is 2.15. The van der Waals surface area contributed by atoms with Crippen molar-refractivity contribution in [3.05, 3.63) is 17.0 Å². The number of anilines is 1. The van der Waals surface area contributed by atoms with Crippen molar-refractivity contribution in [1.82, 2.24) is 15.4 Å². The first-order valence-electron chi connectivity index (χ1n) is 6.83. The van der Waals surface area contributed by atoms with Gasteiger partial charge in [-0.25, -0.2) is 0 Å². The molecule has 0 aliphatic carbocycles. The Morgan fingerprint density at radius 1 is 1.35 bits per heavy atom. The average molecular weight is 356 g/mol. The Labute approximate surface area is 141 Å². The maximum Gasteiger partial charge on any atom is 0.316 e. The lowest BCUT2D eigenvalue weighted by Crippen LogP contribution is -2.15. The molecule has 0 spiro atoms. The molecule has 124 valence electrons. The van der Waals surface area contributed by atoms with Crippen LogP contribution in [0.5, 0.6) is 0 Å². The third-order valence-corrected chi connectivity index (χ3v) is 4.74. The third kappa shape index (κ3) is 5.03. The van der Waals surface area contributed by atoms with Crippen LogP contribution in [0.4, 0.5) is 5.13 Å². The van der Waals surface area contributed by atoms with Gasteiger partial charge < -0.3 is 14.6 Å². The molecule has 0 saturated carbocycles. The van der Waals surface area contributed by atoms with Crippen LogP contribution in [0.15, 0.2) is 8.86 Å². The Bertz CT molecular complexity index is 678. The molecule has 0 atom stereocenters. The molecule has 0 aliphatic heterocycles. The minimum absolute atomic E-state index is 0.159. The lowest BCUT2D eigenvalue weighted by atomic mass is 10.1. The fourth-order valence-corrected chi connectivity index (χ4v) is 3.29. The zero-order chi connectivity index (χ0) is 16.8. The Balaban J connectivity index is 1.86. The summed E-state index contributed by atoms with van der Waals surface area (Å²) < 4.78 is 10.4. The third-order valence-electron chi connectivity index (χ3n) is 2.79. The molecule has 8 nitrogen and oxygen atoms in total. The van der Waals surface area contributed by atoms with Gasteiger partial charge >= 0.3 is 5.97 Å². The van der Waals surface area contributed by atoms with Gasteiger partial charge in [0.05, 0.1) is 24.5 Å². The SMILES string of the molecule is CCOC(=O)CSc1nnc(NC(=O)Cc2c(C)noc2C)s1. The number of hydrogen-bond donors (Lipinski definition) is 1. The number of amides is 1. The van der Waals surface area contributed by atoms with Crippen molar-refractivity contribution in [2.24, 2.45) is 0 Å². The molecule has 0 radical (unpaired) electrons. The summed E-state index contributed by atoms with van der Waals surface area (Å²) in [5.74, 6) is 0.255. The van der Waals surface area contributed by atoms with E-state index in [1.807, 2.05) is 0 Å². The van der Waals surface area contributed by atoms with E-state index in [0.717, 1.165) is 5.56 Å². The van der Waals surface area contributed by atoms with Gasteiger partial charge in [0.15, 0.2) is 4.34 Å². The van der Waals surface area contributed by atoms with E-state index in [4.69, 9.17) is 9.26 Å². The van der Waals surface area contributed by atoms with Gasteiger partial charge in [-0.05, 0) is 20.8 Å². The van der Waals surface area contributed by atoms with E-state index in [-0.39, 0.29) is 24.1 Å². The van der Waals surface area contributed by atoms with Crippen LogP contribution in [0.2, 0.25) is 0 Å². The van der Waals surface area contributed by atoms with Crippen LogP contribution in [0.1, 0.15) is 23.9 Å². The number of thioether (sulfide) groups is 1. The topological polar surface area (TPSA) is 107 Å². The van der Waals surface area contributed by atoms with Crippen molar-refractivity contribution in [2.45, 2.75) is 31.5 Å². The molecular weight excluding hydrogens is 340 g/mol. The smallest absolute Gasteiger partial charge is 0.316 e. The Hall–Kier alpha value is -1.94. The molecule has 1 amide bonds. The quantitative estimate of drug-likeness (QED) is 0.456. The minimum Gasteiger partial charge on any atom is -0.465 e. The van der Waals surface area contributed by atoms with Crippen molar-refractivity contribution in [1.29, 1.82) is 0 Å². The van der Waals surface area contributed by atoms with E-state index in [1.165, 1.54) is 23.1 Å². The molecule has 2 aromatic rings. The molecule has 1 N–H and O–H groups in total. The molecule has 10 heteroatoms. The lowest BCUT2D eigenvalue weighted by molar-refractivity contribution is -0.139. The second-order valence-electron chi connectivity index (χ2n) is 4.49. The normalized spacial score (nSPS) is 10.6. The largest absolute Gasteiger partial charge is 0.465 e. The average Bonchev–Trinajstić information content (AvgIpc) is 3.07. The van der Waals surface area contributed by atoms with Crippen LogP contribution in [-0.2, 0) is 20.7 Å². The lowest BCUT2D eigenvalue weighted by Gasteiger charge is -2.00. The summed E-state index contributed by atoms with van der Waals surface area (Å²) in [7, 11) is 0. The molecular formula is C13H16N4O4S2. The molecule has 2 rings (SSSR count). The minimum atomic E-state index is -0.309. The van der Waals surface area contributed by atoms with Gasteiger partial charge in [-0.1, -0.05) is 28.3 Å². The zero-order valence-electron chi connectivity index (χ0n) is 12.9. The predicted octanol–water partition coefficient (Wildman–Crippen LogP) is 1.98. The van der Waals surface area contributed by atoms with Crippen LogP contribution in [0.25, 0.3) is 0 Å². The fraction of sp³-hybridized carbons (Fsp3) is 0.462. The van der Waals surface area contributed by atoms with Crippen LogP contribution < -0.4 is 5.32 Å². The molecule has 0 saturated heterocycles. The summed E-state index contributed by atoms with van der Waals surface area (Å²) in [6, 6.07) is 0. The standard InChI is InChI=1S/C13H16N4O4S2/c1-4-20-11(19)6-22-13-16-15-12(23-13)14-10(18)5-9-7(2)17-21-8(9)3/h4-6H2,1-3H3,(H,14,15,18). The molecule has 23 heavy (non-hydrogen) atoms. The van der Waals surface area contributed by atoms with Crippen LogP contribution in [0.3, 0.4) is 0 Å². The number of esters is 1. The first-order chi connectivity index (χ1) is 11.0. The summed E-state index contributed by atoms with van der Waals surface area (Å²) in [4.78, 5) is 23.3. The fourth-order valence-electron chi connectivity index (χ4n) is 1.72. The summed E-state index contributed by atoms with van der Waals surface area (Å²) in [5, 5.41) is 14.7. The van der Waals surface area contributed by atoms with Gasteiger partial charge in [-0.2, -0.15) is 0 Å². The monoisotopic (exact) mass is 356 g/mol. The number of hydrogen-bond acceptors (Lipinski definition) is 9. The molecule has 0 aromatic carbocycles. The zero-order valence-corrected chi connectivity index (χ0v) is 14.5. The number of nitrogens with one attached hydrogen (secondary N) is 1. The van der Waals surface area contributed by atoms with Gasteiger partial charge in [-0.3, -0.25) is 9.59 Å². The number of aryl methyl sites for hydroxylation is 2. The summed E-state index contributed by atoms with van der Waals surface area (Å²) in [5.41, 5.74) is 1.46. The van der Waals surface area contributed by atoms with Gasteiger partial charge in [0.2, 0.25) is 11.0 Å². The van der Waals surface area contributed by atoms with E-state index in [9.17, 15) is 9.59 Å². The number of ether oxygens (including phenoxy) is 1. The van der Waals surface area contributed by atoms with Crippen molar-refractivity contribution in [3.63, 3.8) is 0 Å². The Morgan fingerprint density at radius 3 is 2.78 bits per heavy atom. The molecule has 2 aromatic heterocycles. The Morgan fingerprint density at radius 2 is 2.13 bits per heavy atom. The second kappa shape index (κ2) is 8.06. The first kappa shape index (κ1) is 17.4. The summed E-state index contributed by atoms with van der Waals surface area (Å²) in [6.45, 7) is 5.64. The van der Waals surface area contributed by atoms with Gasteiger partial charge in [0.25, 0.3) is 0 Å². The molecule has 0 fully saturated rings. The summed E-state index contributed by atoms with van der Waals surface area (Å²) >= 11 is 2.42. The van der Waals surface area contributed by atoms with Crippen LogP contribution in [0, 0.1) is 13.8 Å². The molecule has 2 heterocycles. The van der Waals surface area contributed by atoms with E-state index < -0.39 is 0 Å². The van der Waals surface area contributed by atoms with Crippen molar-refractivity contribution in [2.75, 3.05) is 17.7 Å². The maximum absolute atomic E-state index is 12.0. The second-order valence-corrected chi connectivity index (χ2v) is 6.69. The highest BCUT2D eigenvalue weighted by molar-refractivity contribution is 8.01. The maximum atomic E-state index is 12.0.